The van der Waals surface area contributed by atoms with Crippen LogP contribution in [0, 0.1) is 0 Å². The Morgan fingerprint density at radius 3 is 1.01 bits per heavy atom. The molecule has 3 rings (SSSR count). The lowest BCUT2D eigenvalue weighted by Crippen LogP contribution is -2.66. The summed E-state index contributed by atoms with van der Waals surface area (Å²) >= 11 is 0. The van der Waals surface area contributed by atoms with Crippen LogP contribution in [-0.4, -0.2) is 193 Å². The number of aliphatic hydroxyl groups is 11. The molecule has 510 valence electrons. The molecule has 12 N–H and O–H groups in total. The van der Waals surface area contributed by atoms with E-state index < -0.39 is 124 Å². The topological polar surface area (TPSA) is 307 Å². The monoisotopic (exact) mass is 1240 g/mol. The molecule has 0 aliphatic carbocycles. The van der Waals surface area contributed by atoms with Gasteiger partial charge in [-0.1, -0.05) is 271 Å². The van der Waals surface area contributed by atoms with Crippen LogP contribution in [0.3, 0.4) is 0 Å². The van der Waals surface area contributed by atoms with Gasteiger partial charge in [-0.2, -0.15) is 0 Å². The van der Waals surface area contributed by atoms with Crippen LogP contribution < -0.4 is 5.32 Å². The van der Waals surface area contributed by atoms with Crippen molar-refractivity contribution in [3.63, 3.8) is 0 Å². The minimum absolute atomic E-state index is 0.235. The van der Waals surface area contributed by atoms with Gasteiger partial charge in [0, 0.05) is 6.42 Å². The molecule has 17 atom stereocenters. The molecule has 3 saturated heterocycles. The zero-order chi connectivity index (χ0) is 62.6. The Labute approximate surface area is 519 Å². The molecule has 17 unspecified atom stereocenters. The minimum atomic E-state index is -1.97. The van der Waals surface area contributed by atoms with E-state index in [1.165, 1.54) is 212 Å². The smallest absolute Gasteiger partial charge is 0.220 e. The quantitative estimate of drug-likeness (QED) is 0.0253. The van der Waals surface area contributed by atoms with E-state index in [0.29, 0.717) is 12.8 Å². The van der Waals surface area contributed by atoms with Crippen molar-refractivity contribution in [2.75, 3.05) is 26.4 Å². The molecule has 0 aromatic carbocycles. The molecule has 19 heteroatoms. The van der Waals surface area contributed by atoms with Crippen LogP contribution in [0.4, 0.5) is 0 Å². The van der Waals surface area contributed by atoms with Crippen molar-refractivity contribution in [3.05, 3.63) is 0 Å². The maximum absolute atomic E-state index is 13.4. The molecule has 0 aromatic rings. The molecule has 86 heavy (non-hydrogen) atoms. The summed E-state index contributed by atoms with van der Waals surface area (Å²) in [5.74, 6) is -0.235. The third-order valence-corrected chi connectivity index (χ3v) is 18.2. The van der Waals surface area contributed by atoms with Gasteiger partial charge in [0.05, 0.1) is 38.6 Å². The van der Waals surface area contributed by atoms with E-state index in [9.17, 15) is 61.0 Å². The Morgan fingerprint density at radius 2 is 0.663 bits per heavy atom. The van der Waals surface area contributed by atoms with E-state index in [0.717, 1.165) is 44.9 Å². The van der Waals surface area contributed by atoms with Gasteiger partial charge in [0.1, 0.15) is 73.2 Å². The molecule has 0 radical (unpaired) electrons. The summed E-state index contributed by atoms with van der Waals surface area (Å²) in [6, 6.07) is -0.881. The standard InChI is InChI=1S/C67H129NO18/c1-3-5-7-9-11-13-15-17-19-21-23-25-27-29-31-33-35-37-39-41-43-45-55(73)68-50(51(72)44-42-40-38-36-34-32-30-28-26-24-22-20-18-16-14-12-10-8-6-4-2)49-81-65-61(79)58(76)63(53(47-70)83-65)86-67-62(80)59(77)64(54(48-71)84-67)85-66-60(78)57(75)56(74)52(46-69)82-66/h50-54,56-67,69-72,74-80H,3-49H2,1-2H3,(H,68,73). The maximum Gasteiger partial charge on any atom is 0.220 e. The Hall–Kier alpha value is -1.21. The van der Waals surface area contributed by atoms with Crippen LogP contribution in [0.1, 0.15) is 290 Å². The first-order valence-electron chi connectivity index (χ1n) is 35.3. The van der Waals surface area contributed by atoms with Crippen molar-refractivity contribution in [2.45, 2.75) is 394 Å². The molecule has 0 aromatic heterocycles. The van der Waals surface area contributed by atoms with Crippen molar-refractivity contribution >= 4 is 5.91 Å². The number of hydrogen-bond donors (Lipinski definition) is 12. The normalized spacial score (nSPS) is 28.7. The molecule has 3 aliphatic rings. The molecular weight excluding hydrogens is 1110 g/mol. The van der Waals surface area contributed by atoms with E-state index in [-0.39, 0.29) is 18.9 Å². The average molecular weight is 1240 g/mol. The van der Waals surface area contributed by atoms with Gasteiger partial charge in [-0.25, -0.2) is 0 Å². The van der Waals surface area contributed by atoms with Crippen molar-refractivity contribution in [1.29, 1.82) is 0 Å². The van der Waals surface area contributed by atoms with Gasteiger partial charge >= 0.3 is 0 Å². The fourth-order valence-electron chi connectivity index (χ4n) is 12.4. The van der Waals surface area contributed by atoms with Gasteiger partial charge < -0.3 is 89.9 Å². The molecule has 3 fully saturated rings. The highest BCUT2D eigenvalue weighted by Gasteiger charge is 2.53. The number of ether oxygens (including phenoxy) is 6. The second kappa shape index (κ2) is 50.4. The number of hydrogen-bond acceptors (Lipinski definition) is 18. The number of rotatable bonds is 55. The van der Waals surface area contributed by atoms with E-state index in [1.54, 1.807) is 0 Å². The van der Waals surface area contributed by atoms with Crippen LogP contribution in [-0.2, 0) is 33.2 Å². The SMILES string of the molecule is CCCCCCCCCCCCCCCCCCCCCCCC(=O)NC(COC1OC(CO)C(OC2OC(CO)C(OC3OC(CO)C(O)C(O)C3O)C(O)C2O)C(O)C1O)C(O)CCCCCCCCCCCCCCCCCCCCCC. The van der Waals surface area contributed by atoms with Crippen molar-refractivity contribution in [3.8, 4) is 0 Å². The first-order valence-corrected chi connectivity index (χ1v) is 35.3. The van der Waals surface area contributed by atoms with Gasteiger partial charge in [0.15, 0.2) is 18.9 Å². The number of carbonyl (C=O) groups is 1. The van der Waals surface area contributed by atoms with Crippen LogP contribution in [0.2, 0.25) is 0 Å². The predicted octanol–water partition coefficient (Wildman–Crippen LogP) is 9.11. The van der Waals surface area contributed by atoms with Crippen LogP contribution in [0.25, 0.3) is 0 Å². The molecular formula is C67H129NO18. The summed E-state index contributed by atoms with van der Waals surface area (Å²) in [6.45, 7) is 1.85. The number of amides is 1. The van der Waals surface area contributed by atoms with Gasteiger partial charge in [0.2, 0.25) is 5.91 Å². The first kappa shape index (κ1) is 79.0. The van der Waals surface area contributed by atoms with Crippen LogP contribution in [0.5, 0.6) is 0 Å². The summed E-state index contributed by atoms with van der Waals surface area (Å²) in [6.07, 6.45) is 26.0. The van der Waals surface area contributed by atoms with Gasteiger partial charge in [0.25, 0.3) is 0 Å². The zero-order valence-corrected chi connectivity index (χ0v) is 53.8. The third kappa shape index (κ3) is 32.4. The Kier molecular flexibility index (Phi) is 46.3. The lowest BCUT2D eigenvalue weighted by Gasteiger charge is -2.48. The summed E-state index contributed by atoms with van der Waals surface area (Å²) in [7, 11) is 0. The molecule has 0 spiro atoms. The maximum atomic E-state index is 13.4. The average Bonchev–Trinajstić information content (AvgIpc) is 2.21. The van der Waals surface area contributed by atoms with Crippen LogP contribution in [0.15, 0.2) is 0 Å². The van der Waals surface area contributed by atoms with E-state index in [2.05, 4.69) is 19.2 Å². The van der Waals surface area contributed by atoms with Crippen molar-refractivity contribution in [1.82, 2.24) is 5.32 Å². The Bertz CT molecular complexity index is 1570. The van der Waals surface area contributed by atoms with E-state index >= 15 is 0 Å². The summed E-state index contributed by atoms with van der Waals surface area (Å²) < 4.78 is 34.4. The zero-order valence-electron chi connectivity index (χ0n) is 53.8. The highest BCUT2D eigenvalue weighted by molar-refractivity contribution is 5.76. The van der Waals surface area contributed by atoms with E-state index in [4.69, 9.17) is 28.4 Å². The molecule has 3 aliphatic heterocycles. The first-order chi connectivity index (χ1) is 41.8. The second-order valence-electron chi connectivity index (χ2n) is 25.7. The lowest BCUT2D eigenvalue weighted by atomic mass is 9.96. The van der Waals surface area contributed by atoms with Gasteiger partial charge in [-0.15, -0.1) is 0 Å². The van der Waals surface area contributed by atoms with Gasteiger partial charge in [-0.3, -0.25) is 4.79 Å². The Balaban J connectivity index is 1.43. The number of unbranched alkanes of at least 4 members (excludes halogenated alkanes) is 39. The minimum Gasteiger partial charge on any atom is -0.394 e. The van der Waals surface area contributed by atoms with Crippen molar-refractivity contribution in [2.24, 2.45) is 0 Å². The second-order valence-corrected chi connectivity index (χ2v) is 25.7. The molecule has 0 bridgehead atoms. The van der Waals surface area contributed by atoms with Crippen molar-refractivity contribution < 1.29 is 89.4 Å². The molecule has 3 heterocycles. The molecule has 1 amide bonds. The number of carbonyl (C=O) groups excluding carboxylic acids is 1. The fraction of sp³-hybridized carbons (Fsp3) is 0.985. The highest BCUT2D eigenvalue weighted by atomic mass is 16.8. The Morgan fingerprint density at radius 1 is 0.372 bits per heavy atom. The summed E-state index contributed by atoms with van der Waals surface area (Å²) in [5.41, 5.74) is 0. The van der Waals surface area contributed by atoms with Crippen LogP contribution >= 0.6 is 0 Å². The fourth-order valence-corrected chi connectivity index (χ4v) is 12.4. The molecule has 0 saturated carbocycles. The number of nitrogens with one attached hydrogen (secondary N) is 1. The largest absolute Gasteiger partial charge is 0.394 e. The predicted molar refractivity (Wildman–Crippen MR) is 333 cm³/mol. The third-order valence-electron chi connectivity index (χ3n) is 18.2. The summed E-state index contributed by atoms with van der Waals surface area (Å²) in [5, 5.41) is 121. The molecule has 19 nitrogen and oxygen atoms in total. The lowest BCUT2D eigenvalue weighted by molar-refractivity contribution is -0.379. The summed E-state index contributed by atoms with van der Waals surface area (Å²) in [4.78, 5) is 13.4. The highest BCUT2D eigenvalue weighted by Crippen LogP contribution is 2.33. The van der Waals surface area contributed by atoms with Gasteiger partial charge in [-0.05, 0) is 12.8 Å². The van der Waals surface area contributed by atoms with E-state index in [1.807, 2.05) is 0 Å². The number of aliphatic hydroxyl groups excluding tert-OH is 11.